The lowest BCUT2D eigenvalue weighted by Crippen LogP contribution is -2.01. The predicted octanol–water partition coefficient (Wildman–Crippen LogP) is 0.694. The quantitative estimate of drug-likeness (QED) is 0.657. The summed E-state index contributed by atoms with van der Waals surface area (Å²) < 4.78 is 1.67. The van der Waals surface area contributed by atoms with Crippen molar-refractivity contribution in [3.8, 4) is 11.4 Å². The van der Waals surface area contributed by atoms with Crippen LogP contribution in [0.4, 0.5) is 5.69 Å². The van der Waals surface area contributed by atoms with Crippen LogP contribution in [0.1, 0.15) is 5.82 Å². The monoisotopic (exact) mass is 241 g/mol. The van der Waals surface area contributed by atoms with E-state index < -0.39 is 0 Å². The molecular formula is C11H11N7. The maximum Gasteiger partial charge on any atom is 0.181 e. The highest BCUT2D eigenvalue weighted by Gasteiger charge is 2.06. The predicted molar refractivity (Wildman–Crippen MR) is 65.4 cm³/mol. The third kappa shape index (κ3) is 2.05. The molecule has 7 heteroatoms. The van der Waals surface area contributed by atoms with Gasteiger partial charge in [0, 0.05) is 11.3 Å². The Labute approximate surface area is 103 Å². The highest BCUT2D eigenvalue weighted by atomic mass is 15.3. The Morgan fingerprint density at radius 1 is 1.33 bits per heavy atom. The van der Waals surface area contributed by atoms with Gasteiger partial charge in [0.05, 0.1) is 0 Å². The molecule has 0 unspecified atom stereocenters. The summed E-state index contributed by atoms with van der Waals surface area (Å²) in [6.07, 6.45) is 3.11. The third-order valence-corrected chi connectivity index (χ3v) is 2.45. The van der Waals surface area contributed by atoms with Crippen molar-refractivity contribution in [1.82, 2.24) is 29.9 Å². The van der Waals surface area contributed by atoms with Crippen LogP contribution in [0.15, 0.2) is 36.9 Å². The van der Waals surface area contributed by atoms with Crippen molar-refractivity contribution in [3.05, 3.63) is 42.7 Å². The molecule has 0 atom stereocenters. The number of aromatic amines is 1. The van der Waals surface area contributed by atoms with Crippen molar-refractivity contribution < 1.29 is 0 Å². The summed E-state index contributed by atoms with van der Waals surface area (Å²) in [6, 6.07) is 7.45. The summed E-state index contributed by atoms with van der Waals surface area (Å²) in [5.41, 5.74) is 7.30. The summed E-state index contributed by atoms with van der Waals surface area (Å²) in [4.78, 5) is 8.25. The first-order valence-corrected chi connectivity index (χ1v) is 5.41. The van der Waals surface area contributed by atoms with Crippen LogP contribution in [0.3, 0.4) is 0 Å². The van der Waals surface area contributed by atoms with Crippen LogP contribution in [-0.2, 0) is 6.54 Å². The van der Waals surface area contributed by atoms with E-state index in [4.69, 9.17) is 5.73 Å². The second-order valence-electron chi connectivity index (χ2n) is 3.82. The first-order chi connectivity index (χ1) is 8.81. The van der Waals surface area contributed by atoms with Crippen LogP contribution < -0.4 is 5.73 Å². The number of aromatic nitrogens is 6. The number of hydrogen-bond donors (Lipinski definition) is 2. The zero-order valence-electron chi connectivity index (χ0n) is 9.48. The van der Waals surface area contributed by atoms with E-state index in [2.05, 4.69) is 25.3 Å². The summed E-state index contributed by atoms with van der Waals surface area (Å²) >= 11 is 0. The first kappa shape index (κ1) is 10.5. The molecule has 18 heavy (non-hydrogen) atoms. The van der Waals surface area contributed by atoms with E-state index in [0.29, 0.717) is 18.1 Å². The normalized spacial score (nSPS) is 10.7. The molecule has 90 valence electrons. The second-order valence-corrected chi connectivity index (χ2v) is 3.82. The fraction of sp³-hybridized carbons (Fsp3) is 0.0909. The van der Waals surface area contributed by atoms with Crippen molar-refractivity contribution in [1.29, 1.82) is 0 Å². The number of nitrogens with two attached hydrogens (primary N) is 1. The number of nitrogen functional groups attached to an aromatic ring is 1. The topological polar surface area (TPSA) is 98.3 Å². The van der Waals surface area contributed by atoms with Gasteiger partial charge < -0.3 is 5.73 Å². The third-order valence-electron chi connectivity index (χ3n) is 2.45. The van der Waals surface area contributed by atoms with Gasteiger partial charge in [0.25, 0.3) is 0 Å². The zero-order chi connectivity index (χ0) is 12.4. The maximum atomic E-state index is 5.72. The molecule has 3 N–H and O–H groups in total. The van der Waals surface area contributed by atoms with Crippen LogP contribution in [0.5, 0.6) is 0 Å². The van der Waals surface area contributed by atoms with E-state index in [-0.39, 0.29) is 0 Å². The molecule has 0 radical (unpaired) electrons. The van der Waals surface area contributed by atoms with Crippen LogP contribution in [-0.4, -0.2) is 29.9 Å². The Balaban J connectivity index is 1.85. The lowest BCUT2D eigenvalue weighted by atomic mass is 10.2. The van der Waals surface area contributed by atoms with Gasteiger partial charge in [-0.1, -0.05) is 12.1 Å². The SMILES string of the molecule is Nc1cccc(-c2n[nH]c(Cn3cncn3)n2)c1. The number of anilines is 1. The zero-order valence-corrected chi connectivity index (χ0v) is 9.48. The molecule has 0 amide bonds. The van der Waals surface area contributed by atoms with E-state index in [1.165, 1.54) is 6.33 Å². The van der Waals surface area contributed by atoms with Gasteiger partial charge in [-0.25, -0.2) is 14.6 Å². The number of nitrogens with zero attached hydrogens (tertiary/aromatic N) is 5. The standard InChI is InChI=1S/C11H11N7/c12-9-3-1-2-8(4-9)11-15-10(16-17-11)5-18-7-13-6-14-18/h1-4,6-7H,5,12H2,(H,15,16,17). The molecule has 3 rings (SSSR count). The summed E-state index contributed by atoms with van der Waals surface area (Å²) in [5, 5.41) is 11.0. The Hall–Kier alpha value is -2.70. The van der Waals surface area contributed by atoms with Gasteiger partial charge in [-0.2, -0.15) is 10.2 Å². The van der Waals surface area contributed by atoms with Gasteiger partial charge in [0.2, 0.25) is 0 Å². The first-order valence-electron chi connectivity index (χ1n) is 5.41. The second kappa shape index (κ2) is 4.28. The molecule has 2 aromatic heterocycles. The fourth-order valence-electron chi connectivity index (χ4n) is 1.64. The Morgan fingerprint density at radius 2 is 2.28 bits per heavy atom. The van der Waals surface area contributed by atoms with Gasteiger partial charge in [-0.3, -0.25) is 5.10 Å². The van der Waals surface area contributed by atoms with Crippen LogP contribution in [0.2, 0.25) is 0 Å². The highest BCUT2D eigenvalue weighted by Crippen LogP contribution is 2.17. The Morgan fingerprint density at radius 3 is 3.06 bits per heavy atom. The number of benzene rings is 1. The van der Waals surface area contributed by atoms with Crippen molar-refractivity contribution >= 4 is 5.69 Å². The molecule has 1 aromatic carbocycles. The van der Waals surface area contributed by atoms with Crippen molar-refractivity contribution in [2.75, 3.05) is 5.73 Å². The minimum absolute atomic E-state index is 0.509. The van der Waals surface area contributed by atoms with E-state index >= 15 is 0 Å². The number of H-pyrrole nitrogens is 1. The van der Waals surface area contributed by atoms with Gasteiger partial charge in [-0.15, -0.1) is 0 Å². The molecule has 0 aliphatic rings. The van der Waals surface area contributed by atoms with E-state index in [1.807, 2.05) is 24.3 Å². The van der Waals surface area contributed by atoms with Crippen LogP contribution in [0, 0.1) is 0 Å². The molecular weight excluding hydrogens is 230 g/mol. The summed E-state index contributed by atoms with van der Waals surface area (Å²) in [6.45, 7) is 0.509. The van der Waals surface area contributed by atoms with Gasteiger partial charge >= 0.3 is 0 Å². The molecule has 0 aliphatic carbocycles. The van der Waals surface area contributed by atoms with E-state index in [9.17, 15) is 0 Å². The average molecular weight is 241 g/mol. The number of hydrogen-bond acceptors (Lipinski definition) is 5. The Kier molecular flexibility index (Phi) is 2.49. The number of nitrogens with one attached hydrogen (secondary N) is 1. The molecule has 0 saturated heterocycles. The number of rotatable bonds is 3. The van der Waals surface area contributed by atoms with Crippen molar-refractivity contribution in [2.45, 2.75) is 6.54 Å². The van der Waals surface area contributed by atoms with E-state index in [1.54, 1.807) is 11.0 Å². The van der Waals surface area contributed by atoms with Gasteiger partial charge in [-0.05, 0) is 12.1 Å². The molecule has 0 spiro atoms. The maximum absolute atomic E-state index is 5.72. The summed E-state index contributed by atoms with van der Waals surface area (Å²) in [7, 11) is 0. The smallest absolute Gasteiger partial charge is 0.181 e. The molecule has 3 aromatic rings. The van der Waals surface area contributed by atoms with Crippen LogP contribution >= 0.6 is 0 Å². The van der Waals surface area contributed by atoms with Crippen molar-refractivity contribution in [2.24, 2.45) is 0 Å². The average Bonchev–Trinajstić information content (AvgIpc) is 3.01. The van der Waals surface area contributed by atoms with Gasteiger partial charge in [0.1, 0.15) is 25.0 Å². The van der Waals surface area contributed by atoms with Crippen molar-refractivity contribution in [3.63, 3.8) is 0 Å². The molecule has 2 heterocycles. The lowest BCUT2D eigenvalue weighted by molar-refractivity contribution is 0.656. The highest BCUT2D eigenvalue weighted by molar-refractivity contribution is 5.60. The lowest BCUT2D eigenvalue weighted by Gasteiger charge is -1.96. The van der Waals surface area contributed by atoms with Gasteiger partial charge in [0.15, 0.2) is 5.82 Å². The molecule has 0 aliphatic heterocycles. The van der Waals surface area contributed by atoms with E-state index in [0.717, 1.165) is 11.4 Å². The molecule has 0 saturated carbocycles. The largest absolute Gasteiger partial charge is 0.399 e. The molecule has 7 nitrogen and oxygen atoms in total. The minimum Gasteiger partial charge on any atom is -0.399 e. The molecule has 0 bridgehead atoms. The minimum atomic E-state index is 0.509. The fourth-order valence-corrected chi connectivity index (χ4v) is 1.64. The Bertz CT molecular complexity index is 641. The molecule has 0 fully saturated rings. The summed E-state index contributed by atoms with van der Waals surface area (Å²) in [5.74, 6) is 1.34. The van der Waals surface area contributed by atoms with Crippen LogP contribution in [0.25, 0.3) is 11.4 Å².